The monoisotopic (exact) mass is 347 g/mol. The fourth-order valence-corrected chi connectivity index (χ4v) is 2.30. The van der Waals surface area contributed by atoms with Crippen molar-refractivity contribution in [3.8, 4) is 22.8 Å². The first kappa shape index (κ1) is 13.9. The average molecular weight is 348 g/mol. The van der Waals surface area contributed by atoms with Crippen molar-refractivity contribution in [2.75, 3.05) is 0 Å². The molecule has 0 fully saturated rings. The Labute approximate surface area is 128 Å². The highest BCUT2D eigenvalue weighted by molar-refractivity contribution is 9.10. The molecule has 0 spiro atoms. The van der Waals surface area contributed by atoms with Gasteiger partial charge in [-0.2, -0.15) is 4.98 Å². The summed E-state index contributed by atoms with van der Waals surface area (Å²) in [6.07, 6.45) is 0. The van der Waals surface area contributed by atoms with Gasteiger partial charge in [0.25, 0.3) is 5.89 Å². The van der Waals surface area contributed by atoms with Crippen molar-refractivity contribution in [1.82, 2.24) is 10.1 Å². The van der Waals surface area contributed by atoms with Crippen LogP contribution in [-0.4, -0.2) is 10.1 Å². The van der Waals surface area contributed by atoms with Crippen molar-refractivity contribution >= 4 is 15.9 Å². The van der Waals surface area contributed by atoms with E-state index in [9.17, 15) is 4.39 Å². The number of hydrogen-bond acceptors (Lipinski definition) is 4. The Balaban J connectivity index is 1.97. The Morgan fingerprint density at radius 1 is 1.14 bits per heavy atom. The second-order valence-corrected chi connectivity index (χ2v) is 5.31. The minimum Gasteiger partial charge on any atom is -0.334 e. The van der Waals surface area contributed by atoms with Gasteiger partial charge in [0.15, 0.2) is 0 Å². The fourth-order valence-electron chi connectivity index (χ4n) is 1.92. The molecule has 106 valence electrons. The van der Waals surface area contributed by atoms with E-state index in [-0.39, 0.29) is 5.82 Å². The molecule has 3 rings (SSSR count). The fraction of sp³-hybridized carbons (Fsp3) is 0.0667. The van der Waals surface area contributed by atoms with Crippen molar-refractivity contribution in [2.24, 2.45) is 5.73 Å². The van der Waals surface area contributed by atoms with Crippen LogP contribution in [0, 0.1) is 5.82 Å². The molecule has 21 heavy (non-hydrogen) atoms. The molecule has 0 saturated heterocycles. The van der Waals surface area contributed by atoms with Crippen LogP contribution in [0.25, 0.3) is 22.8 Å². The van der Waals surface area contributed by atoms with Crippen LogP contribution in [0.3, 0.4) is 0 Å². The number of hydrogen-bond donors (Lipinski definition) is 1. The standard InChI is InChI=1S/C15H11BrFN3O/c16-12-7-10(4-5-13(12)17)14-19-15(21-20-14)11-3-1-2-9(6-11)8-18/h1-7H,8,18H2. The quantitative estimate of drug-likeness (QED) is 0.783. The summed E-state index contributed by atoms with van der Waals surface area (Å²) in [6.45, 7) is 0.444. The van der Waals surface area contributed by atoms with E-state index in [2.05, 4.69) is 26.1 Å². The van der Waals surface area contributed by atoms with Crippen molar-refractivity contribution < 1.29 is 8.91 Å². The molecule has 0 saturated carbocycles. The molecule has 6 heteroatoms. The third kappa shape index (κ3) is 2.86. The molecule has 2 aromatic carbocycles. The van der Waals surface area contributed by atoms with Crippen LogP contribution < -0.4 is 5.73 Å². The van der Waals surface area contributed by atoms with Gasteiger partial charge in [-0.15, -0.1) is 0 Å². The predicted molar refractivity (Wildman–Crippen MR) is 80.7 cm³/mol. The van der Waals surface area contributed by atoms with Gasteiger partial charge in [0.05, 0.1) is 4.47 Å². The number of nitrogens with two attached hydrogens (primary N) is 1. The van der Waals surface area contributed by atoms with Crippen LogP contribution in [0.4, 0.5) is 4.39 Å². The summed E-state index contributed by atoms with van der Waals surface area (Å²) in [5.41, 5.74) is 8.08. The Morgan fingerprint density at radius 3 is 2.76 bits per heavy atom. The number of nitrogens with zero attached hydrogens (tertiary/aromatic N) is 2. The summed E-state index contributed by atoms with van der Waals surface area (Å²) < 4.78 is 18.9. The lowest BCUT2D eigenvalue weighted by Gasteiger charge is -1.98. The minimum absolute atomic E-state index is 0.335. The Kier molecular flexibility index (Phi) is 3.81. The molecule has 0 aliphatic carbocycles. The average Bonchev–Trinajstić information content (AvgIpc) is 3.00. The lowest BCUT2D eigenvalue weighted by molar-refractivity contribution is 0.432. The third-order valence-corrected chi connectivity index (χ3v) is 3.62. The van der Waals surface area contributed by atoms with Crippen LogP contribution >= 0.6 is 15.9 Å². The highest BCUT2D eigenvalue weighted by atomic mass is 79.9. The van der Waals surface area contributed by atoms with E-state index in [1.165, 1.54) is 6.07 Å². The molecule has 0 bridgehead atoms. The van der Waals surface area contributed by atoms with Gasteiger partial charge in [-0.25, -0.2) is 4.39 Å². The van der Waals surface area contributed by atoms with Crippen LogP contribution in [0.2, 0.25) is 0 Å². The molecule has 0 radical (unpaired) electrons. The number of benzene rings is 2. The number of halogens is 2. The summed E-state index contributed by atoms with van der Waals surface area (Å²) in [4.78, 5) is 4.34. The summed E-state index contributed by atoms with van der Waals surface area (Å²) in [5.74, 6) is 0.475. The zero-order valence-electron chi connectivity index (χ0n) is 10.9. The second-order valence-electron chi connectivity index (χ2n) is 4.46. The third-order valence-electron chi connectivity index (χ3n) is 3.01. The Hall–Kier alpha value is -2.05. The summed E-state index contributed by atoms with van der Waals surface area (Å²) in [5, 5.41) is 3.93. The summed E-state index contributed by atoms with van der Waals surface area (Å²) in [6, 6.07) is 12.2. The zero-order valence-corrected chi connectivity index (χ0v) is 12.5. The van der Waals surface area contributed by atoms with Gasteiger partial charge in [-0.3, -0.25) is 0 Å². The molecule has 3 aromatic rings. The molecule has 2 N–H and O–H groups in total. The minimum atomic E-state index is -0.335. The number of rotatable bonds is 3. The molecule has 4 nitrogen and oxygen atoms in total. The van der Waals surface area contributed by atoms with Crippen LogP contribution in [0.5, 0.6) is 0 Å². The largest absolute Gasteiger partial charge is 0.334 e. The molecular formula is C15H11BrFN3O. The van der Waals surface area contributed by atoms with Gasteiger partial charge >= 0.3 is 0 Å². The van der Waals surface area contributed by atoms with Crippen LogP contribution in [0.1, 0.15) is 5.56 Å². The van der Waals surface area contributed by atoms with E-state index in [0.717, 1.165) is 11.1 Å². The predicted octanol–water partition coefficient (Wildman–Crippen LogP) is 3.76. The van der Waals surface area contributed by atoms with Gasteiger partial charge in [0, 0.05) is 17.7 Å². The molecule has 0 atom stereocenters. The first-order chi connectivity index (χ1) is 10.2. The summed E-state index contributed by atoms with van der Waals surface area (Å²) in [7, 11) is 0. The molecule has 0 aliphatic rings. The van der Waals surface area contributed by atoms with E-state index in [4.69, 9.17) is 10.3 Å². The molecule has 0 amide bonds. The first-order valence-corrected chi connectivity index (χ1v) is 7.05. The summed E-state index contributed by atoms with van der Waals surface area (Å²) >= 11 is 3.14. The highest BCUT2D eigenvalue weighted by Crippen LogP contribution is 2.26. The first-order valence-electron chi connectivity index (χ1n) is 6.26. The normalized spacial score (nSPS) is 10.8. The molecular weight excluding hydrogens is 337 g/mol. The van der Waals surface area contributed by atoms with E-state index >= 15 is 0 Å². The van der Waals surface area contributed by atoms with Crippen molar-refractivity contribution in [3.05, 3.63) is 58.3 Å². The smallest absolute Gasteiger partial charge is 0.258 e. The SMILES string of the molecule is NCc1cccc(-c2nc(-c3ccc(F)c(Br)c3)no2)c1. The van der Waals surface area contributed by atoms with Gasteiger partial charge < -0.3 is 10.3 Å². The second kappa shape index (κ2) is 5.75. The Bertz CT molecular complexity index is 788. The van der Waals surface area contributed by atoms with Crippen molar-refractivity contribution in [1.29, 1.82) is 0 Å². The highest BCUT2D eigenvalue weighted by Gasteiger charge is 2.12. The van der Waals surface area contributed by atoms with Gasteiger partial charge in [0.2, 0.25) is 5.82 Å². The maximum atomic E-state index is 13.2. The Morgan fingerprint density at radius 2 is 2.00 bits per heavy atom. The number of aromatic nitrogens is 2. The molecule has 0 unspecified atom stereocenters. The van der Waals surface area contributed by atoms with Gasteiger partial charge in [0.1, 0.15) is 5.82 Å². The van der Waals surface area contributed by atoms with Gasteiger partial charge in [-0.1, -0.05) is 17.3 Å². The maximum absolute atomic E-state index is 13.2. The van der Waals surface area contributed by atoms with Crippen molar-refractivity contribution in [3.63, 3.8) is 0 Å². The van der Waals surface area contributed by atoms with E-state index in [1.54, 1.807) is 12.1 Å². The van der Waals surface area contributed by atoms with Crippen LogP contribution in [-0.2, 0) is 6.54 Å². The van der Waals surface area contributed by atoms with E-state index in [1.807, 2.05) is 24.3 Å². The molecule has 1 heterocycles. The lowest BCUT2D eigenvalue weighted by atomic mass is 10.1. The topological polar surface area (TPSA) is 64.9 Å². The lowest BCUT2D eigenvalue weighted by Crippen LogP contribution is -1.95. The van der Waals surface area contributed by atoms with Gasteiger partial charge in [-0.05, 0) is 51.8 Å². The van der Waals surface area contributed by atoms with E-state index < -0.39 is 0 Å². The maximum Gasteiger partial charge on any atom is 0.258 e. The van der Waals surface area contributed by atoms with Crippen LogP contribution in [0.15, 0.2) is 51.5 Å². The molecule has 1 aromatic heterocycles. The molecule has 0 aliphatic heterocycles. The van der Waals surface area contributed by atoms with Crippen molar-refractivity contribution in [2.45, 2.75) is 6.54 Å². The van der Waals surface area contributed by atoms with E-state index in [0.29, 0.717) is 28.3 Å². The zero-order chi connectivity index (χ0) is 14.8.